The van der Waals surface area contributed by atoms with Crippen molar-refractivity contribution in [3.8, 4) is 5.75 Å². The van der Waals surface area contributed by atoms with Gasteiger partial charge < -0.3 is 15.5 Å². The van der Waals surface area contributed by atoms with E-state index in [0.717, 1.165) is 16.5 Å². The van der Waals surface area contributed by atoms with Crippen LogP contribution in [0.25, 0.3) is 10.9 Å². The summed E-state index contributed by atoms with van der Waals surface area (Å²) in [6.45, 7) is 2.48. The molecule has 112 valence electrons. The number of nitrogens with one attached hydrogen (secondary N) is 1. The van der Waals surface area contributed by atoms with Gasteiger partial charge >= 0.3 is 0 Å². The number of rotatable bonds is 5. The highest BCUT2D eigenvalue weighted by Crippen LogP contribution is 2.26. The maximum absolute atomic E-state index is 11.9. The highest BCUT2D eigenvalue weighted by Gasteiger charge is 2.22. The number of fused-ring (bicyclic) bond motifs is 1. The first kappa shape index (κ1) is 14.1. The number of primary amides is 1. The molecule has 1 unspecified atom stereocenters. The lowest BCUT2D eigenvalue weighted by molar-refractivity contribution is -0.118. The topological polar surface area (TPSA) is 81.0 Å². The first-order valence-corrected chi connectivity index (χ1v) is 7.14. The largest absolute Gasteiger partial charge is 0.492 e. The third kappa shape index (κ3) is 2.65. The minimum atomic E-state index is -0.580. The monoisotopic (exact) mass is 295 g/mol. The number of benzene rings is 1. The summed E-state index contributed by atoms with van der Waals surface area (Å²) < 4.78 is 5.37. The van der Waals surface area contributed by atoms with E-state index in [2.05, 4.69) is 9.97 Å². The number of pyridine rings is 1. The Morgan fingerprint density at radius 1 is 1.32 bits per heavy atom. The van der Waals surface area contributed by atoms with Crippen LogP contribution in [0.1, 0.15) is 24.1 Å². The summed E-state index contributed by atoms with van der Waals surface area (Å²) in [6.07, 6.45) is 3.48. The number of amides is 1. The van der Waals surface area contributed by atoms with Crippen molar-refractivity contribution in [2.45, 2.75) is 12.8 Å². The fourth-order valence-corrected chi connectivity index (χ4v) is 2.54. The van der Waals surface area contributed by atoms with Gasteiger partial charge in [0.25, 0.3) is 0 Å². The minimum absolute atomic E-state index is 0.428. The maximum atomic E-state index is 11.9. The van der Waals surface area contributed by atoms with Gasteiger partial charge in [-0.15, -0.1) is 0 Å². The van der Waals surface area contributed by atoms with Gasteiger partial charge in [0, 0.05) is 11.7 Å². The number of aromatic nitrogens is 2. The number of nitrogens with two attached hydrogens (primary N) is 1. The third-order valence-electron chi connectivity index (χ3n) is 3.56. The van der Waals surface area contributed by atoms with Crippen LogP contribution in [0.2, 0.25) is 0 Å². The summed E-state index contributed by atoms with van der Waals surface area (Å²) in [7, 11) is 0. The molecule has 0 saturated carbocycles. The quantitative estimate of drug-likeness (QED) is 0.759. The van der Waals surface area contributed by atoms with Gasteiger partial charge in [0.1, 0.15) is 11.7 Å². The Bertz CT molecular complexity index is 793. The normalized spacial score (nSPS) is 12.2. The lowest BCUT2D eigenvalue weighted by Gasteiger charge is -2.14. The molecule has 5 nitrogen and oxygen atoms in total. The highest BCUT2D eigenvalue weighted by molar-refractivity contribution is 5.87. The van der Waals surface area contributed by atoms with Crippen molar-refractivity contribution in [2.24, 2.45) is 5.73 Å². The van der Waals surface area contributed by atoms with Gasteiger partial charge in [-0.05, 0) is 42.1 Å². The molecule has 0 fully saturated rings. The third-order valence-corrected chi connectivity index (χ3v) is 3.56. The van der Waals surface area contributed by atoms with E-state index in [4.69, 9.17) is 10.5 Å². The molecule has 0 spiro atoms. The molecule has 22 heavy (non-hydrogen) atoms. The van der Waals surface area contributed by atoms with E-state index in [0.29, 0.717) is 18.1 Å². The number of nitrogens with zero attached hydrogens (tertiary/aromatic N) is 1. The Kier molecular flexibility index (Phi) is 3.78. The highest BCUT2D eigenvalue weighted by atomic mass is 16.5. The maximum Gasteiger partial charge on any atom is 0.231 e. The fraction of sp³-hybridized carbons (Fsp3) is 0.176. The summed E-state index contributed by atoms with van der Waals surface area (Å²) >= 11 is 0. The smallest absolute Gasteiger partial charge is 0.231 e. The van der Waals surface area contributed by atoms with Gasteiger partial charge in [-0.3, -0.25) is 9.78 Å². The Morgan fingerprint density at radius 2 is 2.18 bits per heavy atom. The fourth-order valence-electron chi connectivity index (χ4n) is 2.54. The lowest BCUT2D eigenvalue weighted by atomic mass is 9.94. The molecule has 0 aliphatic rings. The van der Waals surface area contributed by atoms with Crippen LogP contribution >= 0.6 is 0 Å². The van der Waals surface area contributed by atoms with Gasteiger partial charge in [0.05, 0.1) is 18.5 Å². The van der Waals surface area contributed by atoms with Crippen LogP contribution in [0, 0.1) is 0 Å². The standard InChI is InChI=1S/C17H17N3O2/c1-2-22-13-5-6-14(20-10-13)16(17(18)21)12-4-3-11-7-8-19-15(11)9-12/h3-10,16,19H,2H2,1H3,(H2,18,21). The molecule has 0 saturated heterocycles. The summed E-state index contributed by atoms with van der Waals surface area (Å²) in [6, 6.07) is 11.4. The van der Waals surface area contributed by atoms with Crippen LogP contribution in [0.15, 0.2) is 48.8 Å². The zero-order valence-electron chi connectivity index (χ0n) is 12.2. The van der Waals surface area contributed by atoms with Crippen LogP contribution < -0.4 is 10.5 Å². The first-order valence-electron chi connectivity index (χ1n) is 7.14. The van der Waals surface area contributed by atoms with Gasteiger partial charge in [-0.1, -0.05) is 12.1 Å². The molecule has 5 heteroatoms. The van der Waals surface area contributed by atoms with Crippen LogP contribution in [0.4, 0.5) is 0 Å². The predicted octanol–water partition coefficient (Wildman–Crippen LogP) is 2.58. The van der Waals surface area contributed by atoms with Gasteiger partial charge in [0.2, 0.25) is 5.91 Å². The Balaban J connectivity index is 1.99. The number of ether oxygens (including phenoxy) is 1. The Hall–Kier alpha value is -2.82. The van der Waals surface area contributed by atoms with Crippen molar-refractivity contribution in [1.82, 2.24) is 9.97 Å². The van der Waals surface area contributed by atoms with Crippen molar-refractivity contribution < 1.29 is 9.53 Å². The second-order valence-electron chi connectivity index (χ2n) is 5.01. The van der Waals surface area contributed by atoms with E-state index >= 15 is 0 Å². The molecule has 2 aromatic heterocycles. The minimum Gasteiger partial charge on any atom is -0.492 e. The zero-order valence-corrected chi connectivity index (χ0v) is 12.2. The second kappa shape index (κ2) is 5.89. The van der Waals surface area contributed by atoms with Crippen molar-refractivity contribution in [1.29, 1.82) is 0 Å². The van der Waals surface area contributed by atoms with Gasteiger partial charge in [0.15, 0.2) is 0 Å². The van der Waals surface area contributed by atoms with Crippen molar-refractivity contribution in [3.05, 3.63) is 60.0 Å². The summed E-state index contributed by atoms with van der Waals surface area (Å²) in [5, 5.41) is 1.09. The van der Waals surface area contributed by atoms with E-state index in [-0.39, 0.29) is 0 Å². The van der Waals surface area contributed by atoms with E-state index < -0.39 is 11.8 Å². The first-order chi connectivity index (χ1) is 10.7. The second-order valence-corrected chi connectivity index (χ2v) is 5.01. The van der Waals surface area contributed by atoms with Crippen LogP contribution in [-0.2, 0) is 4.79 Å². The van der Waals surface area contributed by atoms with Crippen molar-refractivity contribution >= 4 is 16.8 Å². The van der Waals surface area contributed by atoms with Crippen LogP contribution in [0.5, 0.6) is 5.75 Å². The molecule has 0 aliphatic heterocycles. The average Bonchev–Trinajstić information content (AvgIpc) is 2.97. The van der Waals surface area contributed by atoms with E-state index in [1.807, 2.05) is 37.4 Å². The van der Waals surface area contributed by atoms with E-state index in [9.17, 15) is 4.79 Å². The summed E-state index contributed by atoms with van der Waals surface area (Å²) in [4.78, 5) is 19.4. The number of carbonyl (C=O) groups is 1. The number of hydrogen-bond acceptors (Lipinski definition) is 3. The van der Waals surface area contributed by atoms with Crippen molar-refractivity contribution in [2.75, 3.05) is 6.61 Å². The number of aromatic amines is 1. The molecular weight excluding hydrogens is 278 g/mol. The van der Waals surface area contributed by atoms with E-state index in [1.54, 1.807) is 18.3 Å². The zero-order chi connectivity index (χ0) is 15.5. The SMILES string of the molecule is CCOc1ccc(C(C(N)=O)c2ccc3cc[nH]c3c2)nc1. The number of hydrogen-bond donors (Lipinski definition) is 2. The number of H-pyrrole nitrogens is 1. The molecule has 0 bridgehead atoms. The summed E-state index contributed by atoms with van der Waals surface area (Å²) in [5.41, 5.74) is 8.00. The predicted molar refractivity (Wildman–Crippen MR) is 84.7 cm³/mol. The molecule has 1 amide bonds. The number of carbonyl (C=O) groups excluding carboxylic acids is 1. The van der Waals surface area contributed by atoms with Crippen molar-refractivity contribution in [3.63, 3.8) is 0 Å². The molecule has 0 aliphatic carbocycles. The van der Waals surface area contributed by atoms with Crippen LogP contribution in [0.3, 0.4) is 0 Å². The molecule has 1 atom stereocenters. The molecular formula is C17H17N3O2. The average molecular weight is 295 g/mol. The van der Waals surface area contributed by atoms with Crippen LogP contribution in [-0.4, -0.2) is 22.5 Å². The molecule has 2 heterocycles. The van der Waals surface area contributed by atoms with E-state index in [1.165, 1.54) is 0 Å². The summed E-state index contributed by atoms with van der Waals surface area (Å²) in [5.74, 6) is -0.333. The Labute approximate surface area is 128 Å². The molecule has 3 N–H and O–H groups in total. The molecule has 3 aromatic rings. The molecule has 3 rings (SSSR count). The molecule has 0 radical (unpaired) electrons. The van der Waals surface area contributed by atoms with Gasteiger partial charge in [-0.2, -0.15) is 0 Å². The Morgan fingerprint density at radius 3 is 2.86 bits per heavy atom. The molecule has 1 aromatic carbocycles. The lowest BCUT2D eigenvalue weighted by Crippen LogP contribution is -2.23. The van der Waals surface area contributed by atoms with Gasteiger partial charge in [-0.25, -0.2) is 0 Å².